The van der Waals surface area contributed by atoms with Crippen molar-refractivity contribution in [3.8, 4) is 0 Å². The number of nitrogens with zero attached hydrogens (tertiary/aromatic N) is 4. The molecule has 0 radical (unpaired) electrons. The summed E-state index contributed by atoms with van der Waals surface area (Å²) in [5.41, 5.74) is 6.69. The molecule has 2 aromatic rings. The summed E-state index contributed by atoms with van der Waals surface area (Å²) in [5.74, 6) is 0.254. The largest absolute Gasteiger partial charge is 0.389 e. The highest BCUT2D eigenvalue weighted by atomic mass is 32.2. The van der Waals surface area contributed by atoms with E-state index in [0.717, 1.165) is 0 Å². The second-order valence-electron chi connectivity index (χ2n) is 5.68. The number of hydrogen-bond donors (Lipinski definition) is 3. The first-order chi connectivity index (χ1) is 10.8. The molecule has 0 spiro atoms. The molecule has 2 aromatic heterocycles. The second-order valence-corrected chi connectivity index (χ2v) is 9.80. The number of fused-ring (bicyclic) bond motifs is 1. The van der Waals surface area contributed by atoms with Crippen LogP contribution < -0.4 is 5.73 Å². The number of thioether (sulfide) groups is 1. The monoisotopic (exact) mass is 359 g/mol. The number of anilines is 1. The Balaban J connectivity index is 1.85. The van der Waals surface area contributed by atoms with E-state index in [1.807, 2.05) is 0 Å². The van der Waals surface area contributed by atoms with Crippen molar-refractivity contribution >= 4 is 36.1 Å². The van der Waals surface area contributed by atoms with Crippen LogP contribution in [-0.2, 0) is 9.09 Å². The van der Waals surface area contributed by atoms with E-state index in [1.54, 1.807) is 4.57 Å². The Hall–Kier alpha value is -1.19. The highest BCUT2D eigenvalue weighted by molar-refractivity contribution is 8.00. The maximum atomic E-state index is 11.7. The van der Waals surface area contributed by atoms with E-state index >= 15 is 0 Å². The molecular formula is C12H18N5O4PS. The smallest absolute Gasteiger partial charge is 0.197 e. The van der Waals surface area contributed by atoms with Crippen LogP contribution in [0.3, 0.4) is 0 Å². The van der Waals surface area contributed by atoms with Gasteiger partial charge in [0.25, 0.3) is 0 Å². The van der Waals surface area contributed by atoms with Gasteiger partial charge in [-0.2, -0.15) is 0 Å². The Morgan fingerprint density at radius 1 is 1.35 bits per heavy atom. The van der Waals surface area contributed by atoms with E-state index in [9.17, 15) is 14.8 Å². The fourth-order valence-electron chi connectivity index (χ4n) is 2.41. The maximum absolute atomic E-state index is 11.7. The SMILES string of the molecule is CP(C)(=O)OC[C@H]1S[C@@H](n2cnc3c(N)ncnc32)[C@H](O)[C@@H]1O. The van der Waals surface area contributed by atoms with E-state index in [4.69, 9.17) is 10.3 Å². The van der Waals surface area contributed by atoms with Crippen LogP contribution >= 0.6 is 19.1 Å². The molecule has 9 nitrogen and oxygen atoms in total. The average molecular weight is 359 g/mol. The lowest BCUT2D eigenvalue weighted by Crippen LogP contribution is -2.33. The highest BCUT2D eigenvalue weighted by Gasteiger charge is 2.44. The molecular weight excluding hydrogens is 341 g/mol. The van der Waals surface area contributed by atoms with Crippen LogP contribution in [0.25, 0.3) is 11.2 Å². The molecule has 1 aliphatic heterocycles. The zero-order valence-electron chi connectivity index (χ0n) is 12.6. The quantitative estimate of drug-likeness (QED) is 0.658. The lowest BCUT2D eigenvalue weighted by molar-refractivity contribution is 0.0130. The number of imidazole rings is 1. The normalized spacial score (nSPS) is 28.5. The first kappa shape index (κ1) is 16.7. The summed E-state index contributed by atoms with van der Waals surface area (Å²) in [6.07, 6.45) is 0.795. The van der Waals surface area contributed by atoms with Crippen LogP contribution in [0.15, 0.2) is 12.7 Å². The number of aliphatic hydroxyl groups excluding tert-OH is 2. The van der Waals surface area contributed by atoms with Gasteiger partial charge in [-0.25, -0.2) is 15.0 Å². The first-order valence-corrected chi connectivity index (χ1v) is 10.4. The Labute approximate surface area is 136 Å². The molecule has 0 aliphatic carbocycles. The van der Waals surface area contributed by atoms with Crippen LogP contribution in [0.5, 0.6) is 0 Å². The van der Waals surface area contributed by atoms with Gasteiger partial charge >= 0.3 is 0 Å². The van der Waals surface area contributed by atoms with Crippen molar-refractivity contribution in [3.63, 3.8) is 0 Å². The molecule has 4 N–H and O–H groups in total. The van der Waals surface area contributed by atoms with Crippen molar-refractivity contribution in [3.05, 3.63) is 12.7 Å². The minimum atomic E-state index is -2.65. The molecule has 1 saturated heterocycles. The lowest BCUT2D eigenvalue weighted by Gasteiger charge is -2.17. The van der Waals surface area contributed by atoms with E-state index < -0.39 is 30.2 Å². The van der Waals surface area contributed by atoms with Gasteiger partial charge in [-0.1, -0.05) is 0 Å². The molecule has 0 aromatic carbocycles. The Bertz CT molecular complexity index is 765. The van der Waals surface area contributed by atoms with Gasteiger partial charge in [0.2, 0.25) is 0 Å². The summed E-state index contributed by atoms with van der Waals surface area (Å²) in [6.45, 7) is 3.11. The van der Waals surface area contributed by atoms with Gasteiger partial charge in [0, 0.05) is 13.3 Å². The molecule has 0 unspecified atom stereocenters. The molecule has 3 heterocycles. The Morgan fingerprint density at radius 2 is 2.09 bits per heavy atom. The fourth-order valence-corrected chi connectivity index (χ4v) is 4.46. The van der Waals surface area contributed by atoms with Gasteiger partial charge in [0.05, 0.1) is 24.3 Å². The van der Waals surface area contributed by atoms with Crippen LogP contribution in [0.2, 0.25) is 0 Å². The van der Waals surface area contributed by atoms with Gasteiger partial charge in [-0.3, -0.25) is 9.13 Å². The standard InChI is InChI=1S/C12H18N5O4PS/c1-22(2,20)21-3-6-8(18)9(19)12(23-6)17-5-16-7-10(13)14-4-15-11(7)17/h4-6,8-9,12,18-19H,3H2,1-2H3,(H2,13,14,15)/t6-,8-,9-,12-/m1/s1. The molecule has 3 rings (SSSR count). The van der Waals surface area contributed by atoms with Crippen LogP contribution in [0.4, 0.5) is 5.82 Å². The van der Waals surface area contributed by atoms with Crippen molar-refractivity contribution in [1.29, 1.82) is 0 Å². The summed E-state index contributed by atoms with van der Waals surface area (Å²) in [6, 6.07) is 0. The molecule has 0 bridgehead atoms. The molecule has 0 saturated carbocycles. The first-order valence-electron chi connectivity index (χ1n) is 6.92. The summed E-state index contributed by atoms with van der Waals surface area (Å²) in [4.78, 5) is 12.2. The van der Waals surface area contributed by atoms with Crippen molar-refractivity contribution < 1.29 is 19.3 Å². The predicted molar refractivity (Wildman–Crippen MR) is 87.6 cm³/mol. The molecule has 11 heteroatoms. The van der Waals surface area contributed by atoms with Crippen molar-refractivity contribution in [2.24, 2.45) is 0 Å². The molecule has 23 heavy (non-hydrogen) atoms. The second kappa shape index (κ2) is 6.03. The number of hydrogen-bond acceptors (Lipinski definition) is 9. The van der Waals surface area contributed by atoms with E-state index in [0.29, 0.717) is 11.2 Å². The number of nitrogens with two attached hydrogens (primary N) is 1. The minimum absolute atomic E-state index is 0.0907. The summed E-state index contributed by atoms with van der Waals surface area (Å²) in [7, 11) is -2.65. The molecule has 1 fully saturated rings. The molecule has 1 aliphatic rings. The van der Waals surface area contributed by atoms with Gasteiger partial charge < -0.3 is 20.5 Å². The molecule has 0 amide bonds. The number of aliphatic hydroxyl groups is 2. The van der Waals surface area contributed by atoms with Crippen molar-refractivity contribution in [2.75, 3.05) is 25.7 Å². The topological polar surface area (TPSA) is 136 Å². The number of nitrogen functional groups attached to an aromatic ring is 1. The van der Waals surface area contributed by atoms with E-state index in [2.05, 4.69) is 15.0 Å². The van der Waals surface area contributed by atoms with Crippen LogP contribution in [-0.4, -0.2) is 67.1 Å². The van der Waals surface area contributed by atoms with Gasteiger partial charge in [0.15, 0.2) is 18.8 Å². The third-order valence-corrected chi connectivity index (χ3v) is 5.87. The van der Waals surface area contributed by atoms with Gasteiger partial charge in [0.1, 0.15) is 23.3 Å². The van der Waals surface area contributed by atoms with Crippen LogP contribution in [0, 0.1) is 0 Å². The van der Waals surface area contributed by atoms with Gasteiger partial charge in [-0.15, -0.1) is 11.8 Å². The predicted octanol–water partition coefficient (Wildman–Crippen LogP) is 0.299. The average Bonchev–Trinajstić information content (AvgIpc) is 3.01. The number of rotatable bonds is 4. The van der Waals surface area contributed by atoms with Crippen molar-refractivity contribution in [1.82, 2.24) is 19.5 Å². The maximum Gasteiger partial charge on any atom is 0.197 e. The van der Waals surface area contributed by atoms with E-state index in [1.165, 1.54) is 37.7 Å². The molecule has 4 atom stereocenters. The lowest BCUT2D eigenvalue weighted by atomic mass is 10.1. The van der Waals surface area contributed by atoms with Crippen molar-refractivity contribution in [2.45, 2.75) is 22.8 Å². The summed E-state index contributed by atoms with van der Waals surface area (Å²) in [5, 5.41) is 19.7. The summed E-state index contributed by atoms with van der Waals surface area (Å²) >= 11 is 1.32. The third-order valence-electron chi connectivity index (χ3n) is 3.55. The van der Waals surface area contributed by atoms with Crippen LogP contribution in [0.1, 0.15) is 5.37 Å². The Kier molecular flexibility index (Phi) is 4.37. The zero-order valence-corrected chi connectivity index (χ0v) is 14.3. The van der Waals surface area contributed by atoms with E-state index in [-0.39, 0.29) is 12.4 Å². The highest BCUT2D eigenvalue weighted by Crippen LogP contribution is 2.46. The summed E-state index contributed by atoms with van der Waals surface area (Å²) < 4.78 is 18.6. The number of aromatic nitrogens is 4. The minimum Gasteiger partial charge on any atom is -0.389 e. The third kappa shape index (κ3) is 3.22. The zero-order chi connectivity index (χ0) is 16.8. The van der Waals surface area contributed by atoms with Gasteiger partial charge in [-0.05, 0) is 0 Å². The Morgan fingerprint density at radius 3 is 2.78 bits per heavy atom. The molecule has 126 valence electrons. The fraction of sp³-hybridized carbons (Fsp3) is 0.583.